The van der Waals surface area contributed by atoms with Gasteiger partial charge in [0.25, 0.3) is 0 Å². The number of hydrogen-bond donors (Lipinski definition) is 1. The molecule has 0 saturated heterocycles. The van der Waals surface area contributed by atoms with Gasteiger partial charge in [0.1, 0.15) is 5.25 Å². The number of benzene rings is 1. The minimum atomic E-state index is -4.58. The summed E-state index contributed by atoms with van der Waals surface area (Å²) in [5.41, 5.74) is 1.73. The maximum Gasteiger partial charge on any atom is 0.405 e. The second-order valence-electron chi connectivity index (χ2n) is 4.42. The van der Waals surface area contributed by atoms with Gasteiger partial charge >= 0.3 is 12.1 Å². The van der Waals surface area contributed by atoms with Crippen LogP contribution in [0.5, 0.6) is 0 Å². The van der Waals surface area contributed by atoms with Crippen LogP contribution in [-0.4, -0.2) is 22.5 Å². The van der Waals surface area contributed by atoms with Gasteiger partial charge in [-0.1, -0.05) is 6.07 Å². The average Bonchev–Trinajstić information content (AvgIpc) is 2.27. The molecule has 0 fully saturated rings. The van der Waals surface area contributed by atoms with E-state index in [-0.39, 0.29) is 0 Å². The van der Waals surface area contributed by atoms with Crippen LogP contribution in [0.25, 0.3) is 6.08 Å². The van der Waals surface area contributed by atoms with Gasteiger partial charge in [0, 0.05) is 4.90 Å². The lowest BCUT2D eigenvalue weighted by atomic mass is 10.0. The van der Waals surface area contributed by atoms with Gasteiger partial charge < -0.3 is 5.11 Å². The van der Waals surface area contributed by atoms with Gasteiger partial charge in [0.2, 0.25) is 0 Å². The highest BCUT2D eigenvalue weighted by Gasteiger charge is 2.46. The van der Waals surface area contributed by atoms with Crippen molar-refractivity contribution >= 4 is 23.8 Å². The lowest BCUT2D eigenvalue weighted by Crippen LogP contribution is -2.32. The van der Waals surface area contributed by atoms with E-state index in [1.54, 1.807) is 12.1 Å². The Labute approximate surface area is 112 Å². The van der Waals surface area contributed by atoms with E-state index in [1.165, 1.54) is 0 Å². The third kappa shape index (κ3) is 2.63. The Morgan fingerprint density at radius 3 is 2.37 bits per heavy atom. The summed E-state index contributed by atoms with van der Waals surface area (Å²) >= 11 is 0.549. The van der Waals surface area contributed by atoms with Crippen LogP contribution in [0.4, 0.5) is 13.2 Å². The molecule has 1 aromatic carbocycles. The molecule has 0 saturated carbocycles. The van der Waals surface area contributed by atoms with Crippen LogP contribution in [0.1, 0.15) is 16.7 Å². The first-order valence-electron chi connectivity index (χ1n) is 5.49. The maximum atomic E-state index is 12.9. The number of thioether (sulfide) groups is 1. The Bertz CT molecular complexity index is 576. The molecule has 2 nitrogen and oxygen atoms in total. The van der Waals surface area contributed by atoms with E-state index in [1.807, 2.05) is 13.8 Å². The van der Waals surface area contributed by atoms with E-state index >= 15 is 0 Å². The Balaban J connectivity index is 2.57. The molecule has 0 aliphatic carbocycles. The molecule has 102 valence electrons. The molecule has 1 unspecified atom stereocenters. The number of fused-ring (bicyclic) bond motifs is 1. The predicted molar refractivity (Wildman–Crippen MR) is 67.2 cm³/mol. The molecule has 1 N–H and O–H groups in total. The molecule has 0 aromatic heterocycles. The van der Waals surface area contributed by atoms with Gasteiger partial charge in [-0.15, -0.1) is 11.8 Å². The van der Waals surface area contributed by atoms with E-state index in [9.17, 15) is 18.0 Å². The summed E-state index contributed by atoms with van der Waals surface area (Å²) in [5, 5.41) is 6.93. The number of rotatable bonds is 1. The third-order valence-corrected chi connectivity index (χ3v) is 4.37. The number of aliphatic carboxylic acids is 1. The number of carboxylic acid groups (broad SMARTS) is 1. The first-order chi connectivity index (χ1) is 8.70. The summed E-state index contributed by atoms with van der Waals surface area (Å²) in [6.07, 6.45) is -3.45. The molecule has 19 heavy (non-hydrogen) atoms. The van der Waals surface area contributed by atoms with Crippen molar-refractivity contribution in [2.75, 3.05) is 0 Å². The van der Waals surface area contributed by atoms with Crippen LogP contribution >= 0.6 is 11.8 Å². The van der Waals surface area contributed by atoms with Gasteiger partial charge in [-0.05, 0) is 42.7 Å². The molecule has 1 aromatic rings. The number of hydrogen-bond acceptors (Lipinski definition) is 2. The van der Waals surface area contributed by atoms with E-state index < -0.39 is 23.0 Å². The topological polar surface area (TPSA) is 37.3 Å². The quantitative estimate of drug-likeness (QED) is 0.854. The van der Waals surface area contributed by atoms with Crippen molar-refractivity contribution < 1.29 is 23.1 Å². The minimum Gasteiger partial charge on any atom is -0.478 e. The maximum absolute atomic E-state index is 12.9. The highest BCUT2D eigenvalue weighted by Crippen LogP contribution is 2.45. The van der Waals surface area contributed by atoms with Gasteiger partial charge in [-0.2, -0.15) is 13.2 Å². The first kappa shape index (κ1) is 14.0. The number of aryl methyl sites for hydroxylation is 2. The fourth-order valence-electron chi connectivity index (χ4n) is 1.88. The summed E-state index contributed by atoms with van der Waals surface area (Å²) in [7, 11) is 0. The van der Waals surface area contributed by atoms with Gasteiger partial charge in [-0.25, -0.2) is 4.79 Å². The molecule has 1 aliphatic rings. The van der Waals surface area contributed by atoms with E-state index in [0.29, 0.717) is 22.2 Å². The van der Waals surface area contributed by atoms with E-state index in [0.717, 1.165) is 17.2 Å². The SMILES string of the molecule is Cc1cc2c(cc1C)SC(C(F)(F)F)C(C(=O)O)=C2. The lowest BCUT2D eigenvalue weighted by Gasteiger charge is -2.26. The molecule has 0 radical (unpaired) electrons. The molecule has 0 spiro atoms. The molecule has 0 bridgehead atoms. The van der Waals surface area contributed by atoms with Crippen molar-refractivity contribution in [3.8, 4) is 0 Å². The molecular formula is C13H11F3O2S. The molecule has 1 aliphatic heterocycles. The van der Waals surface area contributed by atoms with Crippen LogP contribution in [0.3, 0.4) is 0 Å². The van der Waals surface area contributed by atoms with E-state index in [2.05, 4.69) is 0 Å². The standard InChI is InChI=1S/C13H11F3O2S/c1-6-3-8-5-9(12(17)18)11(13(14,15)16)19-10(8)4-7(6)2/h3-5,11H,1-2H3,(H,17,18). The first-order valence-corrected chi connectivity index (χ1v) is 6.37. The highest BCUT2D eigenvalue weighted by atomic mass is 32.2. The zero-order valence-electron chi connectivity index (χ0n) is 10.2. The molecule has 1 atom stereocenters. The Hall–Kier alpha value is -1.43. The smallest absolute Gasteiger partial charge is 0.405 e. The van der Waals surface area contributed by atoms with Crippen LogP contribution in [0.2, 0.25) is 0 Å². The van der Waals surface area contributed by atoms with Crippen LogP contribution in [0, 0.1) is 13.8 Å². The van der Waals surface area contributed by atoms with Gasteiger partial charge in [-0.3, -0.25) is 0 Å². The van der Waals surface area contributed by atoms with Crippen LogP contribution in [0.15, 0.2) is 22.6 Å². The van der Waals surface area contributed by atoms with Gasteiger partial charge in [0.15, 0.2) is 0 Å². The molecule has 0 amide bonds. The summed E-state index contributed by atoms with van der Waals surface area (Å²) in [6.45, 7) is 3.65. The van der Waals surface area contributed by atoms with Crippen LogP contribution < -0.4 is 0 Å². The average molecular weight is 288 g/mol. The summed E-state index contributed by atoms with van der Waals surface area (Å²) in [4.78, 5) is 11.5. The third-order valence-electron chi connectivity index (χ3n) is 3.01. The van der Waals surface area contributed by atoms with Crippen molar-refractivity contribution in [2.24, 2.45) is 0 Å². The van der Waals surface area contributed by atoms with E-state index in [4.69, 9.17) is 5.11 Å². The van der Waals surface area contributed by atoms with Crippen molar-refractivity contribution in [1.29, 1.82) is 0 Å². The molecular weight excluding hydrogens is 277 g/mol. The summed E-state index contributed by atoms with van der Waals surface area (Å²) < 4.78 is 38.7. The normalized spacial score (nSPS) is 18.8. The second kappa shape index (κ2) is 4.59. The predicted octanol–water partition coefficient (Wildman–Crippen LogP) is 3.81. The summed E-state index contributed by atoms with van der Waals surface area (Å²) in [5.74, 6) is -1.53. The van der Waals surface area contributed by atoms with Crippen molar-refractivity contribution in [3.63, 3.8) is 0 Å². The van der Waals surface area contributed by atoms with Crippen LogP contribution in [-0.2, 0) is 4.79 Å². The monoisotopic (exact) mass is 288 g/mol. The zero-order chi connectivity index (χ0) is 14.4. The number of carboxylic acids is 1. The number of carbonyl (C=O) groups is 1. The number of alkyl halides is 3. The lowest BCUT2D eigenvalue weighted by molar-refractivity contribution is -0.140. The fraction of sp³-hybridized carbons (Fsp3) is 0.308. The van der Waals surface area contributed by atoms with Crippen molar-refractivity contribution in [1.82, 2.24) is 0 Å². The fourth-order valence-corrected chi connectivity index (χ4v) is 3.06. The Morgan fingerprint density at radius 2 is 1.84 bits per heavy atom. The van der Waals surface area contributed by atoms with Crippen molar-refractivity contribution in [3.05, 3.63) is 34.4 Å². The Morgan fingerprint density at radius 1 is 1.26 bits per heavy atom. The minimum absolute atomic E-state index is 0.468. The van der Waals surface area contributed by atoms with Gasteiger partial charge in [0.05, 0.1) is 5.57 Å². The number of halogens is 3. The highest BCUT2D eigenvalue weighted by molar-refractivity contribution is 8.00. The second-order valence-corrected chi connectivity index (χ2v) is 5.57. The molecule has 2 rings (SSSR count). The summed E-state index contributed by atoms with van der Waals surface area (Å²) in [6, 6.07) is 3.39. The molecule has 1 heterocycles. The Kier molecular flexibility index (Phi) is 3.38. The van der Waals surface area contributed by atoms with Crippen molar-refractivity contribution in [2.45, 2.75) is 30.2 Å². The largest absolute Gasteiger partial charge is 0.478 e. The molecule has 6 heteroatoms. The zero-order valence-corrected chi connectivity index (χ0v) is 11.0.